The second kappa shape index (κ2) is 8.12. The smallest absolute Gasteiger partial charge is 0.142 e. The summed E-state index contributed by atoms with van der Waals surface area (Å²) in [6.07, 6.45) is 6.83. The molecule has 0 bridgehead atoms. The molecular weight excluding hydrogens is 156 g/mol. The van der Waals surface area contributed by atoms with E-state index in [2.05, 4.69) is 19.6 Å². The SMILES string of the molecule is CCCCCCCC(=O)CS. The summed E-state index contributed by atoms with van der Waals surface area (Å²) in [6, 6.07) is 0. The normalized spacial score (nSPS) is 10.0. The van der Waals surface area contributed by atoms with Crippen LogP contribution in [0.2, 0.25) is 0 Å². The maximum absolute atomic E-state index is 10.8. The lowest BCUT2D eigenvalue weighted by molar-refractivity contribution is -0.116. The Morgan fingerprint density at radius 2 is 1.82 bits per heavy atom. The van der Waals surface area contributed by atoms with Crippen LogP contribution in [0.1, 0.15) is 45.4 Å². The zero-order chi connectivity index (χ0) is 8.53. The molecule has 11 heavy (non-hydrogen) atoms. The zero-order valence-corrected chi connectivity index (χ0v) is 8.20. The number of ketones is 1. The van der Waals surface area contributed by atoms with Gasteiger partial charge in [-0.3, -0.25) is 4.79 Å². The van der Waals surface area contributed by atoms with Crippen molar-refractivity contribution < 1.29 is 4.79 Å². The highest BCUT2D eigenvalue weighted by atomic mass is 32.1. The summed E-state index contributed by atoms with van der Waals surface area (Å²) in [7, 11) is 0. The van der Waals surface area contributed by atoms with Crippen LogP contribution >= 0.6 is 12.6 Å². The van der Waals surface area contributed by atoms with Crippen molar-refractivity contribution in [3.05, 3.63) is 0 Å². The minimum atomic E-state index is 0.282. The number of rotatable bonds is 7. The Labute approximate surface area is 75.0 Å². The predicted molar refractivity (Wildman–Crippen MR) is 52.2 cm³/mol. The van der Waals surface area contributed by atoms with Gasteiger partial charge in [0.05, 0.1) is 0 Å². The summed E-state index contributed by atoms with van der Waals surface area (Å²) < 4.78 is 0. The Morgan fingerprint density at radius 3 is 2.36 bits per heavy atom. The van der Waals surface area contributed by atoms with Gasteiger partial charge in [-0.2, -0.15) is 12.6 Å². The van der Waals surface area contributed by atoms with Gasteiger partial charge >= 0.3 is 0 Å². The van der Waals surface area contributed by atoms with Gasteiger partial charge in [0, 0.05) is 12.2 Å². The highest BCUT2D eigenvalue weighted by Gasteiger charge is 1.96. The monoisotopic (exact) mass is 174 g/mol. The molecule has 0 aromatic carbocycles. The minimum Gasteiger partial charge on any atom is -0.299 e. The van der Waals surface area contributed by atoms with E-state index in [1.54, 1.807) is 0 Å². The van der Waals surface area contributed by atoms with Crippen LogP contribution in [0.15, 0.2) is 0 Å². The molecular formula is C9H18OS. The van der Waals surface area contributed by atoms with Gasteiger partial charge in [0.2, 0.25) is 0 Å². The molecule has 0 fully saturated rings. The first kappa shape index (κ1) is 11.0. The topological polar surface area (TPSA) is 17.1 Å². The molecule has 0 rings (SSSR count). The van der Waals surface area contributed by atoms with Gasteiger partial charge in [-0.25, -0.2) is 0 Å². The fourth-order valence-electron chi connectivity index (χ4n) is 1.00. The summed E-state index contributed by atoms with van der Waals surface area (Å²) in [5, 5.41) is 0. The molecule has 0 aliphatic heterocycles. The number of carbonyl (C=O) groups excluding carboxylic acids is 1. The third-order valence-electron chi connectivity index (χ3n) is 1.74. The van der Waals surface area contributed by atoms with Crippen molar-refractivity contribution >= 4 is 18.4 Å². The second-order valence-corrected chi connectivity index (χ2v) is 3.18. The Morgan fingerprint density at radius 1 is 1.18 bits per heavy atom. The fourth-order valence-corrected chi connectivity index (χ4v) is 1.16. The minimum absolute atomic E-state index is 0.282. The summed E-state index contributed by atoms with van der Waals surface area (Å²) in [6.45, 7) is 2.19. The van der Waals surface area contributed by atoms with Crippen molar-refractivity contribution in [1.29, 1.82) is 0 Å². The average Bonchev–Trinajstić information content (AvgIpc) is 2.04. The molecule has 0 N–H and O–H groups in total. The van der Waals surface area contributed by atoms with E-state index in [1.165, 1.54) is 25.7 Å². The first-order valence-corrected chi connectivity index (χ1v) is 5.07. The molecule has 66 valence electrons. The standard InChI is InChI=1S/C9H18OS/c1-2-3-4-5-6-7-9(10)8-11/h11H,2-8H2,1H3. The van der Waals surface area contributed by atoms with Crippen LogP contribution in [-0.2, 0) is 4.79 Å². The Balaban J connectivity index is 2.95. The first-order valence-electron chi connectivity index (χ1n) is 4.43. The van der Waals surface area contributed by atoms with Gasteiger partial charge in [0.1, 0.15) is 5.78 Å². The van der Waals surface area contributed by atoms with E-state index in [9.17, 15) is 4.79 Å². The number of carbonyl (C=O) groups is 1. The highest BCUT2D eigenvalue weighted by molar-refractivity contribution is 7.81. The molecule has 0 spiro atoms. The van der Waals surface area contributed by atoms with E-state index in [0.29, 0.717) is 5.75 Å². The molecule has 0 saturated carbocycles. The number of hydrogen-bond donors (Lipinski definition) is 1. The first-order chi connectivity index (χ1) is 5.31. The Bertz CT molecular complexity index is 102. The van der Waals surface area contributed by atoms with Crippen molar-refractivity contribution in [2.24, 2.45) is 0 Å². The number of Topliss-reactive ketones (excluding diaryl/α,β-unsaturated/α-hetero) is 1. The molecule has 0 aliphatic rings. The zero-order valence-electron chi connectivity index (χ0n) is 7.31. The molecule has 0 aromatic heterocycles. The molecule has 0 heterocycles. The average molecular weight is 174 g/mol. The molecule has 2 heteroatoms. The van der Waals surface area contributed by atoms with Gasteiger partial charge in [0.15, 0.2) is 0 Å². The van der Waals surface area contributed by atoms with E-state index in [-0.39, 0.29) is 5.78 Å². The van der Waals surface area contributed by atoms with Gasteiger partial charge in [-0.05, 0) is 6.42 Å². The molecule has 0 aliphatic carbocycles. The number of unbranched alkanes of at least 4 members (excludes halogenated alkanes) is 4. The molecule has 0 radical (unpaired) electrons. The van der Waals surface area contributed by atoms with Gasteiger partial charge < -0.3 is 0 Å². The lowest BCUT2D eigenvalue weighted by atomic mass is 10.1. The van der Waals surface area contributed by atoms with Crippen molar-refractivity contribution in [2.45, 2.75) is 45.4 Å². The molecule has 0 unspecified atom stereocenters. The quantitative estimate of drug-likeness (QED) is 0.464. The van der Waals surface area contributed by atoms with Crippen molar-refractivity contribution in [2.75, 3.05) is 5.75 Å². The molecule has 0 aromatic rings. The fraction of sp³-hybridized carbons (Fsp3) is 0.889. The summed E-state index contributed by atoms with van der Waals surface area (Å²) in [5.74, 6) is 0.693. The van der Waals surface area contributed by atoms with Crippen LogP contribution in [0.5, 0.6) is 0 Å². The van der Waals surface area contributed by atoms with Crippen LogP contribution < -0.4 is 0 Å². The Kier molecular flexibility index (Phi) is 8.13. The van der Waals surface area contributed by atoms with E-state index >= 15 is 0 Å². The van der Waals surface area contributed by atoms with E-state index in [0.717, 1.165) is 12.8 Å². The van der Waals surface area contributed by atoms with Gasteiger partial charge in [-0.15, -0.1) is 0 Å². The number of thiol groups is 1. The van der Waals surface area contributed by atoms with Crippen LogP contribution in [0.3, 0.4) is 0 Å². The van der Waals surface area contributed by atoms with Crippen molar-refractivity contribution in [3.63, 3.8) is 0 Å². The van der Waals surface area contributed by atoms with Crippen LogP contribution in [0.4, 0.5) is 0 Å². The summed E-state index contributed by atoms with van der Waals surface area (Å²) >= 11 is 3.91. The predicted octanol–water partition coefficient (Wildman–Crippen LogP) is 2.85. The van der Waals surface area contributed by atoms with Gasteiger partial charge in [-0.1, -0.05) is 32.6 Å². The third kappa shape index (κ3) is 7.92. The maximum Gasteiger partial charge on any atom is 0.142 e. The van der Waals surface area contributed by atoms with Crippen LogP contribution in [0.25, 0.3) is 0 Å². The van der Waals surface area contributed by atoms with Crippen LogP contribution in [0, 0.1) is 0 Å². The largest absolute Gasteiger partial charge is 0.299 e. The third-order valence-corrected chi connectivity index (χ3v) is 2.09. The molecule has 0 saturated heterocycles. The second-order valence-electron chi connectivity index (χ2n) is 2.86. The van der Waals surface area contributed by atoms with E-state index in [1.807, 2.05) is 0 Å². The Hall–Kier alpha value is 0.0200. The van der Waals surface area contributed by atoms with Crippen molar-refractivity contribution in [3.8, 4) is 0 Å². The lowest BCUT2D eigenvalue weighted by Crippen LogP contribution is -1.98. The molecule has 0 atom stereocenters. The number of hydrogen-bond acceptors (Lipinski definition) is 2. The van der Waals surface area contributed by atoms with E-state index in [4.69, 9.17) is 0 Å². The highest BCUT2D eigenvalue weighted by Crippen LogP contribution is 2.05. The van der Waals surface area contributed by atoms with E-state index < -0.39 is 0 Å². The van der Waals surface area contributed by atoms with Gasteiger partial charge in [0.25, 0.3) is 0 Å². The lowest BCUT2D eigenvalue weighted by Gasteiger charge is -1.97. The maximum atomic E-state index is 10.8. The van der Waals surface area contributed by atoms with Crippen molar-refractivity contribution in [1.82, 2.24) is 0 Å². The summed E-state index contributed by atoms with van der Waals surface area (Å²) in [5.41, 5.74) is 0. The molecule has 1 nitrogen and oxygen atoms in total. The summed E-state index contributed by atoms with van der Waals surface area (Å²) in [4.78, 5) is 10.8. The van der Waals surface area contributed by atoms with Crippen LogP contribution in [-0.4, -0.2) is 11.5 Å². The molecule has 0 amide bonds.